The number of methoxy groups -OCH3 is 1. The van der Waals surface area contributed by atoms with Crippen LogP contribution in [0.3, 0.4) is 0 Å². The molecular formula is C23H22BrN8O2P. The number of nitrogens with one attached hydrogen (secondary N) is 2. The number of fused-ring (bicyclic) bond motifs is 2. The van der Waals surface area contributed by atoms with E-state index in [0.717, 1.165) is 10.9 Å². The predicted octanol–water partition coefficient (Wildman–Crippen LogP) is 4.81. The van der Waals surface area contributed by atoms with Crippen LogP contribution < -0.4 is 20.7 Å². The Hall–Kier alpha value is -3.56. The van der Waals surface area contributed by atoms with Gasteiger partial charge in [-0.2, -0.15) is 10.1 Å². The normalized spacial score (nSPS) is 11.7. The monoisotopic (exact) mass is 552 g/mol. The molecule has 0 unspecified atom stereocenters. The zero-order chi connectivity index (χ0) is 24.7. The molecule has 3 heterocycles. The fraction of sp³-hybridized carbons (Fsp3) is 0.174. The van der Waals surface area contributed by atoms with E-state index in [1.165, 1.54) is 0 Å². The first kappa shape index (κ1) is 23.2. The lowest BCUT2D eigenvalue weighted by atomic mass is 10.2. The Kier molecular flexibility index (Phi) is 5.90. The molecule has 0 fully saturated rings. The highest BCUT2D eigenvalue weighted by Gasteiger charge is 2.22. The number of anilines is 4. The smallest absolute Gasteiger partial charge is 0.229 e. The SMILES string of the molecule is COc1cc2cnn(C)c2cc1Nc1ncc(Br)c(Nc2ccc3nccnc3c2P(C)(C)=O)n1. The van der Waals surface area contributed by atoms with Crippen LogP contribution in [0.2, 0.25) is 0 Å². The first-order valence-corrected chi connectivity index (χ1v) is 14.0. The zero-order valence-corrected chi connectivity index (χ0v) is 21.9. The van der Waals surface area contributed by atoms with E-state index < -0.39 is 7.14 Å². The minimum atomic E-state index is -2.72. The third-order valence-corrected chi connectivity index (χ3v) is 7.57. The lowest BCUT2D eigenvalue weighted by molar-refractivity contribution is 0.417. The van der Waals surface area contributed by atoms with Gasteiger partial charge in [0.1, 0.15) is 24.2 Å². The molecule has 0 spiro atoms. The molecule has 0 aliphatic rings. The molecule has 3 aromatic heterocycles. The van der Waals surface area contributed by atoms with Gasteiger partial charge in [-0.3, -0.25) is 14.6 Å². The third-order valence-electron chi connectivity index (χ3n) is 5.46. The molecular weight excluding hydrogens is 531 g/mol. The molecule has 12 heteroatoms. The van der Waals surface area contributed by atoms with E-state index in [1.807, 2.05) is 31.3 Å². The molecule has 0 aliphatic carbocycles. The van der Waals surface area contributed by atoms with E-state index >= 15 is 0 Å². The van der Waals surface area contributed by atoms with Gasteiger partial charge >= 0.3 is 0 Å². The quantitative estimate of drug-likeness (QED) is 0.286. The van der Waals surface area contributed by atoms with Crippen LogP contribution in [0, 0.1) is 0 Å². The number of rotatable bonds is 6. The number of halogens is 1. The number of aryl methyl sites for hydroxylation is 1. The van der Waals surface area contributed by atoms with E-state index in [0.29, 0.717) is 49.7 Å². The molecule has 0 aliphatic heterocycles. The van der Waals surface area contributed by atoms with Crippen LogP contribution in [0.1, 0.15) is 0 Å². The van der Waals surface area contributed by atoms with Gasteiger partial charge in [-0.25, -0.2) is 4.98 Å². The predicted molar refractivity (Wildman–Crippen MR) is 142 cm³/mol. The Morgan fingerprint density at radius 3 is 2.60 bits per heavy atom. The minimum absolute atomic E-state index is 0.355. The summed E-state index contributed by atoms with van der Waals surface area (Å²) in [5.74, 6) is 1.50. The summed E-state index contributed by atoms with van der Waals surface area (Å²) in [6.07, 6.45) is 6.64. The maximum absolute atomic E-state index is 13.2. The molecule has 0 radical (unpaired) electrons. The van der Waals surface area contributed by atoms with Gasteiger partial charge in [0.05, 0.1) is 45.5 Å². The number of nitrogens with zero attached hydrogens (tertiary/aromatic N) is 6. The molecule has 0 amide bonds. The van der Waals surface area contributed by atoms with E-state index in [4.69, 9.17) is 4.74 Å². The highest BCUT2D eigenvalue weighted by Crippen LogP contribution is 2.41. The van der Waals surface area contributed by atoms with Crippen LogP contribution in [-0.2, 0) is 11.6 Å². The molecule has 178 valence electrons. The largest absolute Gasteiger partial charge is 0.495 e. The summed E-state index contributed by atoms with van der Waals surface area (Å²) in [7, 11) is 0.768. The Morgan fingerprint density at radius 1 is 1.03 bits per heavy atom. The number of hydrogen-bond acceptors (Lipinski definition) is 9. The summed E-state index contributed by atoms with van der Waals surface area (Å²) in [4.78, 5) is 17.8. The second-order valence-corrected chi connectivity index (χ2v) is 12.3. The average Bonchev–Trinajstić information content (AvgIpc) is 3.19. The molecule has 2 aromatic carbocycles. The van der Waals surface area contributed by atoms with Crippen LogP contribution in [0.25, 0.3) is 21.9 Å². The minimum Gasteiger partial charge on any atom is -0.495 e. The van der Waals surface area contributed by atoms with Gasteiger partial charge in [-0.15, -0.1) is 0 Å². The molecule has 10 nitrogen and oxygen atoms in total. The highest BCUT2D eigenvalue weighted by atomic mass is 79.9. The molecule has 5 rings (SSSR count). The zero-order valence-electron chi connectivity index (χ0n) is 19.4. The average molecular weight is 553 g/mol. The summed E-state index contributed by atoms with van der Waals surface area (Å²) >= 11 is 3.51. The number of aromatic nitrogens is 6. The second-order valence-electron chi connectivity index (χ2n) is 8.26. The maximum atomic E-state index is 13.2. The van der Waals surface area contributed by atoms with Crippen molar-refractivity contribution < 1.29 is 9.30 Å². The van der Waals surface area contributed by atoms with Gasteiger partial charge in [0.25, 0.3) is 0 Å². The Balaban J connectivity index is 1.54. The van der Waals surface area contributed by atoms with Crippen molar-refractivity contribution in [3.8, 4) is 5.75 Å². The molecule has 0 saturated carbocycles. The van der Waals surface area contributed by atoms with Crippen LogP contribution in [0.15, 0.2) is 53.5 Å². The highest BCUT2D eigenvalue weighted by molar-refractivity contribution is 9.10. The van der Waals surface area contributed by atoms with Crippen molar-refractivity contribution in [2.75, 3.05) is 31.1 Å². The molecule has 5 aromatic rings. The van der Waals surface area contributed by atoms with E-state index in [-0.39, 0.29) is 0 Å². The van der Waals surface area contributed by atoms with Crippen LogP contribution in [0.5, 0.6) is 5.75 Å². The summed E-state index contributed by atoms with van der Waals surface area (Å²) in [5.41, 5.74) is 3.56. The topological polar surface area (TPSA) is 120 Å². The summed E-state index contributed by atoms with van der Waals surface area (Å²) in [5, 5.41) is 12.4. The van der Waals surface area contributed by atoms with Gasteiger partial charge in [-0.1, -0.05) is 0 Å². The standard InChI is InChI=1S/C23H22BrN8O2P/c1-32-18-10-17(19(34-2)9-13(18)11-28-32)30-23-27-12-14(24)22(31-23)29-16-6-5-15-20(26-8-7-25-15)21(16)35(3,4)33/h5-12H,1-4H3,(H2,27,29,30,31). The summed E-state index contributed by atoms with van der Waals surface area (Å²) in [6.45, 7) is 3.43. The van der Waals surface area contributed by atoms with Gasteiger partial charge in [0.2, 0.25) is 5.95 Å². The van der Waals surface area contributed by atoms with Crippen molar-refractivity contribution in [1.82, 2.24) is 29.7 Å². The van der Waals surface area contributed by atoms with Gasteiger partial charge in [-0.05, 0) is 53.5 Å². The first-order valence-electron chi connectivity index (χ1n) is 10.6. The van der Waals surface area contributed by atoms with E-state index in [2.05, 4.69) is 51.6 Å². The Labute approximate surface area is 209 Å². The van der Waals surface area contributed by atoms with Crippen molar-refractivity contribution in [2.45, 2.75) is 0 Å². The number of ether oxygens (including phenoxy) is 1. The molecule has 35 heavy (non-hydrogen) atoms. The fourth-order valence-electron chi connectivity index (χ4n) is 3.88. The third kappa shape index (κ3) is 4.44. The molecule has 0 saturated heterocycles. The second kappa shape index (κ2) is 8.90. The summed E-state index contributed by atoms with van der Waals surface area (Å²) < 4.78 is 21.2. The van der Waals surface area contributed by atoms with Crippen LogP contribution >= 0.6 is 23.1 Å². The van der Waals surface area contributed by atoms with Crippen molar-refractivity contribution in [3.05, 3.63) is 53.5 Å². The maximum Gasteiger partial charge on any atom is 0.229 e. The van der Waals surface area contributed by atoms with Crippen LogP contribution in [0.4, 0.5) is 23.1 Å². The lowest BCUT2D eigenvalue weighted by Gasteiger charge is -2.17. The van der Waals surface area contributed by atoms with Gasteiger partial charge in [0, 0.05) is 31.0 Å². The lowest BCUT2D eigenvalue weighted by Crippen LogP contribution is -2.14. The van der Waals surface area contributed by atoms with Gasteiger partial charge < -0.3 is 19.9 Å². The Bertz CT molecular complexity index is 1630. The molecule has 2 N–H and O–H groups in total. The van der Waals surface area contributed by atoms with Gasteiger partial charge in [0.15, 0.2) is 0 Å². The number of hydrogen-bond donors (Lipinski definition) is 2. The Morgan fingerprint density at radius 2 is 1.83 bits per heavy atom. The van der Waals surface area contributed by atoms with Crippen molar-refractivity contribution in [2.24, 2.45) is 7.05 Å². The van der Waals surface area contributed by atoms with Crippen LogP contribution in [-0.4, -0.2) is 50.2 Å². The molecule has 0 bridgehead atoms. The van der Waals surface area contributed by atoms with E-state index in [9.17, 15) is 4.57 Å². The first-order chi connectivity index (χ1) is 16.7. The van der Waals surface area contributed by atoms with Crippen molar-refractivity contribution >= 4 is 73.5 Å². The van der Waals surface area contributed by atoms with Crippen molar-refractivity contribution in [1.29, 1.82) is 0 Å². The summed E-state index contributed by atoms with van der Waals surface area (Å²) in [6, 6.07) is 7.52. The molecule has 0 atom stereocenters. The fourth-order valence-corrected chi connectivity index (χ4v) is 5.56. The number of benzene rings is 2. The van der Waals surface area contributed by atoms with E-state index in [1.54, 1.807) is 49.9 Å². The van der Waals surface area contributed by atoms with Crippen molar-refractivity contribution in [3.63, 3.8) is 0 Å².